The molecule has 0 radical (unpaired) electrons. The third kappa shape index (κ3) is 3.62. The molecule has 1 saturated carbocycles. The summed E-state index contributed by atoms with van der Waals surface area (Å²) < 4.78 is 0. The molecule has 0 spiro atoms. The Morgan fingerprint density at radius 3 is 2.50 bits per heavy atom. The molecular formula is C13H25N3O2. The summed E-state index contributed by atoms with van der Waals surface area (Å²) in [6.07, 6.45) is 6.22. The van der Waals surface area contributed by atoms with Gasteiger partial charge >= 0.3 is 0 Å². The lowest BCUT2D eigenvalue weighted by molar-refractivity contribution is -0.142. The molecule has 0 aromatic heterocycles. The Morgan fingerprint density at radius 2 is 2.00 bits per heavy atom. The molecule has 0 atom stereocenters. The van der Waals surface area contributed by atoms with Crippen LogP contribution in [-0.2, 0) is 4.79 Å². The van der Waals surface area contributed by atoms with Crippen molar-refractivity contribution < 1.29 is 10.0 Å². The van der Waals surface area contributed by atoms with Gasteiger partial charge in [0.1, 0.15) is 0 Å². The molecule has 3 N–H and O–H groups in total. The van der Waals surface area contributed by atoms with Crippen LogP contribution >= 0.6 is 0 Å². The number of amides is 1. The summed E-state index contributed by atoms with van der Waals surface area (Å²) in [6, 6.07) is 0. The van der Waals surface area contributed by atoms with E-state index in [1.165, 1.54) is 6.42 Å². The molecule has 0 aromatic carbocycles. The van der Waals surface area contributed by atoms with Gasteiger partial charge in [-0.15, -0.1) is 0 Å². The highest BCUT2D eigenvalue weighted by Gasteiger charge is 2.37. The summed E-state index contributed by atoms with van der Waals surface area (Å²) in [5.74, 6) is 0.242. The van der Waals surface area contributed by atoms with E-state index in [2.05, 4.69) is 5.16 Å². The average Bonchev–Trinajstić information content (AvgIpc) is 2.38. The quantitative estimate of drug-likeness (QED) is 0.341. The number of hydrogen-bond donors (Lipinski definition) is 2. The van der Waals surface area contributed by atoms with Crippen molar-refractivity contribution in [3.63, 3.8) is 0 Å². The number of carbonyl (C=O) groups excluding carboxylic acids is 1. The van der Waals surface area contributed by atoms with Crippen LogP contribution in [0.4, 0.5) is 0 Å². The molecule has 0 aromatic rings. The highest BCUT2D eigenvalue weighted by atomic mass is 16.4. The second-order valence-corrected chi connectivity index (χ2v) is 5.44. The molecule has 0 bridgehead atoms. The van der Waals surface area contributed by atoms with Gasteiger partial charge in [0.15, 0.2) is 5.84 Å². The third-order valence-corrected chi connectivity index (χ3v) is 3.74. The number of carbonyl (C=O) groups is 1. The molecule has 0 saturated heterocycles. The fourth-order valence-electron chi connectivity index (χ4n) is 2.68. The number of nitrogens with zero attached hydrogens (tertiary/aromatic N) is 2. The first-order valence-electron chi connectivity index (χ1n) is 6.79. The van der Waals surface area contributed by atoms with Crippen molar-refractivity contribution in [1.82, 2.24) is 4.90 Å². The van der Waals surface area contributed by atoms with E-state index in [0.29, 0.717) is 6.54 Å². The average molecular weight is 255 g/mol. The first-order valence-corrected chi connectivity index (χ1v) is 6.79. The third-order valence-electron chi connectivity index (χ3n) is 3.74. The fourth-order valence-corrected chi connectivity index (χ4v) is 2.68. The van der Waals surface area contributed by atoms with Crippen molar-refractivity contribution in [2.24, 2.45) is 16.3 Å². The van der Waals surface area contributed by atoms with Gasteiger partial charge in [0.05, 0.1) is 6.54 Å². The van der Waals surface area contributed by atoms with E-state index in [1.54, 1.807) is 4.90 Å². The van der Waals surface area contributed by atoms with Gasteiger partial charge in [0.2, 0.25) is 5.91 Å². The van der Waals surface area contributed by atoms with Crippen LogP contribution in [0.25, 0.3) is 0 Å². The molecule has 1 fully saturated rings. The highest BCUT2D eigenvalue weighted by Crippen LogP contribution is 2.37. The van der Waals surface area contributed by atoms with E-state index in [1.807, 2.05) is 13.8 Å². The molecule has 104 valence electrons. The second kappa shape index (κ2) is 6.61. The Balaban J connectivity index is 2.74. The summed E-state index contributed by atoms with van der Waals surface area (Å²) in [6.45, 7) is 4.95. The Hall–Kier alpha value is -1.26. The minimum absolute atomic E-state index is 0.0937. The summed E-state index contributed by atoms with van der Waals surface area (Å²) in [7, 11) is 0. The minimum atomic E-state index is -0.261. The van der Waals surface area contributed by atoms with Crippen LogP contribution in [0.15, 0.2) is 5.16 Å². The van der Waals surface area contributed by atoms with Gasteiger partial charge in [-0.2, -0.15) is 0 Å². The standard InChI is InChI=1S/C13H25N3O2/c1-3-9-16(10-11(14)15-18)12(17)13(2)7-5-4-6-8-13/h18H,3-10H2,1-2H3,(H2,14,15). The normalized spacial score (nSPS) is 19.6. The predicted molar refractivity (Wildman–Crippen MR) is 71.5 cm³/mol. The van der Waals surface area contributed by atoms with Gasteiger partial charge in [-0.25, -0.2) is 0 Å². The Labute approximate surface area is 109 Å². The van der Waals surface area contributed by atoms with E-state index in [0.717, 1.165) is 32.1 Å². The predicted octanol–water partition coefficient (Wildman–Crippen LogP) is 1.94. The lowest BCUT2D eigenvalue weighted by Gasteiger charge is -2.37. The van der Waals surface area contributed by atoms with Crippen LogP contribution in [-0.4, -0.2) is 34.9 Å². The van der Waals surface area contributed by atoms with E-state index in [4.69, 9.17) is 10.9 Å². The van der Waals surface area contributed by atoms with Crippen molar-refractivity contribution in [2.45, 2.75) is 52.4 Å². The lowest BCUT2D eigenvalue weighted by Crippen LogP contribution is -2.47. The van der Waals surface area contributed by atoms with Crippen molar-refractivity contribution in [3.8, 4) is 0 Å². The summed E-state index contributed by atoms with van der Waals surface area (Å²) >= 11 is 0. The summed E-state index contributed by atoms with van der Waals surface area (Å²) in [4.78, 5) is 14.3. The molecule has 18 heavy (non-hydrogen) atoms. The van der Waals surface area contributed by atoms with Crippen LogP contribution in [0.1, 0.15) is 52.4 Å². The summed E-state index contributed by atoms with van der Waals surface area (Å²) in [5, 5.41) is 11.6. The molecule has 1 aliphatic rings. The van der Waals surface area contributed by atoms with Crippen molar-refractivity contribution in [2.75, 3.05) is 13.1 Å². The van der Waals surface area contributed by atoms with Gasteiger partial charge < -0.3 is 15.8 Å². The molecule has 1 rings (SSSR count). The fraction of sp³-hybridized carbons (Fsp3) is 0.846. The van der Waals surface area contributed by atoms with Crippen molar-refractivity contribution in [3.05, 3.63) is 0 Å². The maximum Gasteiger partial charge on any atom is 0.228 e. The molecule has 5 heteroatoms. The first kappa shape index (κ1) is 14.8. The molecule has 5 nitrogen and oxygen atoms in total. The van der Waals surface area contributed by atoms with Crippen LogP contribution in [0.3, 0.4) is 0 Å². The Kier molecular flexibility index (Phi) is 5.44. The van der Waals surface area contributed by atoms with Crippen LogP contribution in [0.2, 0.25) is 0 Å². The van der Waals surface area contributed by atoms with Crippen LogP contribution < -0.4 is 5.73 Å². The Bertz CT molecular complexity index is 309. The number of hydrogen-bond acceptors (Lipinski definition) is 3. The molecule has 0 heterocycles. The largest absolute Gasteiger partial charge is 0.409 e. The second-order valence-electron chi connectivity index (χ2n) is 5.44. The van der Waals surface area contributed by atoms with Gasteiger partial charge in [-0.1, -0.05) is 38.3 Å². The lowest BCUT2D eigenvalue weighted by atomic mass is 9.74. The van der Waals surface area contributed by atoms with E-state index in [9.17, 15) is 4.79 Å². The maximum atomic E-state index is 12.6. The zero-order chi connectivity index (χ0) is 13.6. The maximum absolute atomic E-state index is 12.6. The highest BCUT2D eigenvalue weighted by molar-refractivity contribution is 5.89. The number of nitrogens with two attached hydrogens (primary N) is 1. The van der Waals surface area contributed by atoms with Gasteiger partial charge in [0, 0.05) is 12.0 Å². The van der Waals surface area contributed by atoms with E-state index < -0.39 is 0 Å². The van der Waals surface area contributed by atoms with E-state index >= 15 is 0 Å². The van der Waals surface area contributed by atoms with E-state index in [-0.39, 0.29) is 23.7 Å². The van der Waals surface area contributed by atoms with Gasteiger partial charge in [-0.05, 0) is 19.3 Å². The van der Waals surface area contributed by atoms with Crippen molar-refractivity contribution >= 4 is 11.7 Å². The Morgan fingerprint density at radius 1 is 1.39 bits per heavy atom. The smallest absolute Gasteiger partial charge is 0.228 e. The van der Waals surface area contributed by atoms with Gasteiger partial charge in [-0.3, -0.25) is 4.79 Å². The van der Waals surface area contributed by atoms with Crippen molar-refractivity contribution in [1.29, 1.82) is 0 Å². The molecular weight excluding hydrogens is 230 g/mol. The van der Waals surface area contributed by atoms with Crippen LogP contribution in [0, 0.1) is 5.41 Å². The SMILES string of the molecule is CCCN(CC(N)=NO)C(=O)C1(C)CCCCC1. The molecule has 0 aliphatic heterocycles. The van der Waals surface area contributed by atoms with Gasteiger partial charge in [0.25, 0.3) is 0 Å². The molecule has 0 unspecified atom stereocenters. The van der Waals surface area contributed by atoms with Crippen LogP contribution in [0.5, 0.6) is 0 Å². The number of rotatable bonds is 5. The minimum Gasteiger partial charge on any atom is -0.409 e. The first-order chi connectivity index (χ1) is 8.53. The number of oxime groups is 1. The molecule has 1 amide bonds. The zero-order valence-corrected chi connectivity index (χ0v) is 11.5. The topological polar surface area (TPSA) is 78.9 Å². The zero-order valence-electron chi connectivity index (χ0n) is 11.5. The monoisotopic (exact) mass is 255 g/mol. The molecule has 1 aliphatic carbocycles. The summed E-state index contributed by atoms with van der Waals surface area (Å²) in [5.41, 5.74) is 5.26. The number of amidine groups is 1.